The minimum atomic E-state index is -0.0549. The van der Waals surface area contributed by atoms with E-state index in [1.165, 1.54) is 5.56 Å². The molecule has 0 aliphatic carbocycles. The zero-order valence-corrected chi connectivity index (χ0v) is 11.5. The van der Waals surface area contributed by atoms with Gasteiger partial charge in [-0.2, -0.15) is 0 Å². The van der Waals surface area contributed by atoms with E-state index in [1.54, 1.807) is 0 Å². The molecule has 0 aliphatic heterocycles. The maximum Gasteiger partial charge on any atom is 0.119 e. The van der Waals surface area contributed by atoms with E-state index >= 15 is 0 Å². The van der Waals surface area contributed by atoms with Crippen LogP contribution < -0.4 is 10.5 Å². The van der Waals surface area contributed by atoms with Crippen molar-refractivity contribution in [1.29, 1.82) is 0 Å². The molecule has 2 N–H and O–H groups in total. The summed E-state index contributed by atoms with van der Waals surface area (Å²) in [4.78, 5) is 0. The highest BCUT2D eigenvalue weighted by molar-refractivity contribution is 5.27. The summed E-state index contributed by atoms with van der Waals surface area (Å²) >= 11 is 0. The number of ether oxygens (including phenoxy) is 1. The maximum atomic E-state index is 5.96. The van der Waals surface area contributed by atoms with Gasteiger partial charge in [0.05, 0.1) is 6.10 Å². The van der Waals surface area contributed by atoms with E-state index in [9.17, 15) is 0 Å². The van der Waals surface area contributed by atoms with Crippen LogP contribution in [0.5, 0.6) is 5.75 Å². The lowest BCUT2D eigenvalue weighted by atomic mass is 9.97. The molecule has 17 heavy (non-hydrogen) atoms. The van der Waals surface area contributed by atoms with Crippen LogP contribution in [0.4, 0.5) is 0 Å². The fourth-order valence-corrected chi connectivity index (χ4v) is 1.75. The van der Waals surface area contributed by atoms with Gasteiger partial charge in [-0.3, -0.25) is 0 Å². The highest BCUT2D eigenvalue weighted by Gasteiger charge is 2.09. The van der Waals surface area contributed by atoms with E-state index < -0.39 is 0 Å². The molecule has 2 nitrogen and oxygen atoms in total. The molecule has 2 heteroatoms. The largest absolute Gasteiger partial charge is 0.491 e. The molecule has 0 bridgehead atoms. The number of benzene rings is 1. The lowest BCUT2D eigenvalue weighted by Gasteiger charge is -2.17. The molecular formula is C15H25NO. The number of hydrogen-bond donors (Lipinski definition) is 1. The summed E-state index contributed by atoms with van der Waals surface area (Å²) in [6, 6.07) is 8.37. The second kappa shape index (κ2) is 6.06. The number of nitrogens with two attached hydrogens (primary N) is 1. The molecule has 1 rings (SSSR count). The van der Waals surface area contributed by atoms with Gasteiger partial charge in [0.25, 0.3) is 0 Å². The molecule has 0 saturated heterocycles. The molecule has 1 aromatic rings. The predicted octanol–water partition coefficient (Wildman–Crippen LogP) is 3.53. The Hall–Kier alpha value is -1.02. The third kappa shape index (κ3) is 6.32. The Balaban J connectivity index is 2.40. The van der Waals surface area contributed by atoms with Crippen molar-refractivity contribution in [2.45, 2.75) is 58.6 Å². The van der Waals surface area contributed by atoms with Crippen LogP contribution in [-0.4, -0.2) is 11.6 Å². The van der Waals surface area contributed by atoms with Crippen LogP contribution >= 0.6 is 0 Å². The van der Waals surface area contributed by atoms with Crippen LogP contribution in [0.15, 0.2) is 24.3 Å². The Morgan fingerprint density at radius 1 is 1.18 bits per heavy atom. The molecule has 0 heterocycles. The van der Waals surface area contributed by atoms with E-state index in [4.69, 9.17) is 10.5 Å². The number of rotatable bonds is 6. The second-order valence-electron chi connectivity index (χ2n) is 5.65. The molecule has 0 unspecified atom stereocenters. The molecule has 0 radical (unpaired) electrons. The van der Waals surface area contributed by atoms with Gasteiger partial charge in [0.15, 0.2) is 0 Å². The van der Waals surface area contributed by atoms with Crippen molar-refractivity contribution in [2.75, 3.05) is 0 Å². The summed E-state index contributed by atoms with van der Waals surface area (Å²) < 4.78 is 5.61. The van der Waals surface area contributed by atoms with Gasteiger partial charge < -0.3 is 10.5 Å². The lowest BCUT2D eigenvalue weighted by Crippen LogP contribution is -2.31. The van der Waals surface area contributed by atoms with Crippen LogP contribution in [0, 0.1) is 0 Å². The highest BCUT2D eigenvalue weighted by Crippen LogP contribution is 2.16. The van der Waals surface area contributed by atoms with Gasteiger partial charge in [0.1, 0.15) is 5.75 Å². The third-order valence-electron chi connectivity index (χ3n) is 2.58. The average Bonchev–Trinajstić information content (AvgIpc) is 2.18. The monoisotopic (exact) mass is 235 g/mol. The fourth-order valence-electron chi connectivity index (χ4n) is 1.75. The maximum absolute atomic E-state index is 5.96. The van der Waals surface area contributed by atoms with Crippen LogP contribution in [0.25, 0.3) is 0 Å². The molecule has 96 valence electrons. The predicted molar refractivity (Wildman–Crippen MR) is 73.4 cm³/mol. The molecule has 0 atom stereocenters. The molecule has 0 fully saturated rings. The number of aryl methyl sites for hydroxylation is 1. The fraction of sp³-hybridized carbons (Fsp3) is 0.600. The topological polar surface area (TPSA) is 35.2 Å². The summed E-state index contributed by atoms with van der Waals surface area (Å²) in [5.41, 5.74) is 7.26. The van der Waals surface area contributed by atoms with Gasteiger partial charge in [-0.25, -0.2) is 0 Å². The summed E-state index contributed by atoms with van der Waals surface area (Å²) in [7, 11) is 0. The first-order valence-electron chi connectivity index (χ1n) is 6.41. The molecule has 0 aromatic heterocycles. The first-order chi connectivity index (χ1) is 7.87. The van der Waals surface area contributed by atoms with Crippen LogP contribution in [0.1, 0.15) is 46.1 Å². The van der Waals surface area contributed by atoms with Crippen molar-refractivity contribution in [3.63, 3.8) is 0 Å². The van der Waals surface area contributed by atoms with E-state index in [2.05, 4.69) is 26.0 Å². The summed E-state index contributed by atoms with van der Waals surface area (Å²) in [5.74, 6) is 0.947. The first kappa shape index (κ1) is 14.0. The Labute approximate surface area is 105 Å². The van der Waals surface area contributed by atoms with Gasteiger partial charge >= 0.3 is 0 Å². The van der Waals surface area contributed by atoms with Crippen molar-refractivity contribution in [3.05, 3.63) is 29.8 Å². The van der Waals surface area contributed by atoms with Gasteiger partial charge in [0.2, 0.25) is 0 Å². The Morgan fingerprint density at radius 3 is 2.24 bits per heavy atom. The zero-order chi connectivity index (χ0) is 12.9. The van der Waals surface area contributed by atoms with Gasteiger partial charge in [-0.1, -0.05) is 12.1 Å². The zero-order valence-electron chi connectivity index (χ0n) is 11.5. The van der Waals surface area contributed by atoms with E-state index in [1.807, 2.05) is 26.0 Å². The van der Waals surface area contributed by atoms with Gasteiger partial charge in [-0.05, 0) is 64.7 Å². The smallest absolute Gasteiger partial charge is 0.119 e. The molecular weight excluding hydrogens is 210 g/mol. The van der Waals surface area contributed by atoms with Crippen molar-refractivity contribution in [2.24, 2.45) is 5.73 Å². The first-order valence-corrected chi connectivity index (χ1v) is 6.41. The summed E-state index contributed by atoms with van der Waals surface area (Å²) in [6.45, 7) is 8.23. The van der Waals surface area contributed by atoms with E-state index in [0.29, 0.717) is 0 Å². The highest BCUT2D eigenvalue weighted by atomic mass is 16.5. The minimum absolute atomic E-state index is 0.0549. The van der Waals surface area contributed by atoms with Crippen molar-refractivity contribution < 1.29 is 4.74 Å². The molecule has 0 spiro atoms. The molecule has 1 aromatic carbocycles. The van der Waals surface area contributed by atoms with Crippen LogP contribution in [-0.2, 0) is 6.42 Å². The second-order valence-corrected chi connectivity index (χ2v) is 5.65. The Morgan fingerprint density at radius 2 is 1.76 bits per heavy atom. The Bertz CT molecular complexity index is 322. The van der Waals surface area contributed by atoms with E-state index in [-0.39, 0.29) is 11.6 Å². The standard InChI is InChI=1S/C15H25NO/c1-12(2)17-14-9-7-13(8-10-14)6-5-11-15(3,4)16/h7-10,12H,5-6,11,16H2,1-4H3. The van der Waals surface area contributed by atoms with Crippen molar-refractivity contribution in [1.82, 2.24) is 0 Å². The third-order valence-corrected chi connectivity index (χ3v) is 2.58. The van der Waals surface area contributed by atoms with Gasteiger partial charge in [0, 0.05) is 5.54 Å². The van der Waals surface area contributed by atoms with E-state index in [0.717, 1.165) is 25.0 Å². The minimum Gasteiger partial charge on any atom is -0.491 e. The Kier molecular flexibility index (Phi) is 5.01. The number of hydrogen-bond acceptors (Lipinski definition) is 2. The lowest BCUT2D eigenvalue weighted by molar-refractivity contribution is 0.242. The summed E-state index contributed by atoms with van der Waals surface area (Å²) in [6.07, 6.45) is 3.51. The van der Waals surface area contributed by atoms with Crippen molar-refractivity contribution in [3.8, 4) is 5.75 Å². The quantitative estimate of drug-likeness (QED) is 0.818. The molecule has 0 saturated carbocycles. The summed E-state index contributed by atoms with van der Waals surface area (Å²) in [5, 5.41) is 0. The van der Waals surface area contributed by atoms with Crippen molar-refractivity contribution >= 4 is 0 Å². The van der Waals surface area contributed by atoms with Crippen LogP contribution in [0.3, 0.4) is 0 Å². The van der Waals surface area contributed by atoms with Crippen LogP contribution in [0.2, 0.25) is 0 Å². The molecule has 0 aliphatic rings. The normalized spacial score (nSPS) is 11.9. The molecule has 0 amide bonds. The average molecular weight is 235 g/mol. The SMILES string of the molecule is CC(C)Oc1ccc(CCCC(C)(C)N)cc1. The van der Waals surface area contributed by atoms with Gasteiger partial charge in [-0.15, -0.1) is 0 Å².